The second kappa shape index (κ2) is 7.05. The molecule has 0 unspecified atom stereocenters. The molecule has 0 fully saturated rings. The Kier molecular flexibility index (Phi) is 4.87. The van der Waals surface area contributed by atoms with Crippen LogP contribution in [0.1, 0.15) is 30.5 Å². The van der Waals surface area contributed by atoms with Crippen LogP contribution < -0.4 is 10.2 Å². The molecular formula is C19H21ClN2O. The van der Waals surface area contributed by atoms with Gasteiger partial charge in [0.2, 0.25) is 5.91 Å². The van der Waals surface area contributed by atoms with Crippen LogP contribution in [0.3, 0.4) is 0 Å². The Morgan fingerprint density at radius 1 is 1.22 bits per heavy atom. The minimum Gasteiger partial charge on any atom is -0.362 e. The second-order valence-electron chi connectivity index (χ2n) is 5.96. The first-order valence-electron chi connectivity index (χ1n) is 8.02. The predicted octanol–water partition coefficient (Wildman–Crippen LogP) is 3.97. The molecule has 2 aromatic carbocycles. The lowest BCUT2D eigenvalue weighted by Gasteiger charge is -2.31. The summed E-state index contributed by atoms with van der Waals surface area (Å²) in [5.41, 5.74) is 3.45. The van der Waals surface area contributed by atoms with Crippen LogP contribution in [-0.2, 0) is 11.2 Å². The maximum absolute atomic E-state index is 12.4. The summed E-state index contributed by atoms with van der Waals surface area (Å²) < 4.78 is 0. The van der Waals surface area contributed by atoms with E-state index in [9.17, 15) is 4.79 Å². The Labute approximate surface area is 142 Å². The zero-order valence-electron chi connectivity index (χ0n) is 13.3. The van der Waals surface area contributed by atoms with E-state index >= 15 is 0 Å². The van der Waals surface area contributed by atoms with Gasteiger partial charge in [-0.2, -0.15) is 0 Å². The Morgan fingerprint density at radius 2 is 1.96 bits per heavy atom. The van der Waals surface area contributed by atoms with Crippen molar-refractivity contribution in [2.75, 3.05) is 18.0 Å². The largest absolute Gasteiger partial charge is 0.362 e. The molecule has 1 N–H and O–H groups in total. The number of para-hydroxylation sites is 1. The molecule has 0 aliphatic carbocycles. The number of halogens is 1. The van der Waals surface area contributed by atoms with Gasteiger partial charge in [0, 0.05) is 17.3 Å². The summed E-state index contributed by atoms with van der Waals surface area (Å²) in [4.78, 5) is 14.6. The summed E-state index contributed by atoms with van der Waals surface area (Å²) in [6.07, 6.45) is 2.18. The molecule has 0 saturated carbocycles. The van der Waals surface area contributed by atoms with Crippen molar-refractivity contribution in [1.29, 1.82) is 0 Å². The van der Waals surface area contributed by atoms with Crippen LogP contribution in [0.5, 0.6) is 0 Å². The molecule has 1 amide bonds. The summed E-state index contributed by atoms with van der Waals surface area (Å²) in [5.74, 6) is 0.0223. The normalized spacial score (nSPS) is 15.0. The number of hydrogen-bond donors (Lipinski definition) is 1. The molecule has 1 heterocycles. The van der Waals surface area contributed by atoms with Crippen LogP contribution in [0, 0.1) is 0 Å². The molecule has 120 valence electrons. The quantitative estimate of drug-likeness (QED) is 0.921. The van der Waals surface area contributed by atoms with Gasteiger partial charge in [0.1, 0.15) is 0 Å². The molecule has 2 aromatic rings. The number of anilines is 1. The predicted molar refractivity (Wildman–Crippen MR) is 95.0 cm³/mol. The highest BCUT2D eigenvalue weighted by Crippen LogP contribution is 2.26. The van der Waals surface area contributed by atoms with E-state index in [4.69, 9.17) is 11.6 Å². The molecule has 1 aliphatic rings. The lowest BCUT2D eigenvalue weighted by molar-refractivity contribution is -0.120. The molecule has 1 aliphatic heterocycles. The zero-order valence-corrected chi connectivity index (χ0v) is 14.0. The summed E-state index contributed by atoms with van der Waals surface area (Å²) >= 11 is 6.20. The van der Waals surface area contributed by atoms with E-state index in [0.717, 1.165) is 24.9 Å². The van der Waals surface area contributed by atoms with Crippen molar-refractivity contribution >= 4 is 23.2 Å². The Balaban J connectivity index is 1.65. The first kappa shape index (κ1) is 15.9. The molecule has 3 nitrogen and oxygen atoms in total. The average Bonchev–Trinajstić information content (AvgIpc) is 2.55. The number of amides is 1. The highest BCUT2D eigenvalue weighted by atomic mass is 35.5. The van der Waals surface area contributed by atoms with Crippen molar-refractivity contribution in [1.82, 2.24) is 5.32 Å². The Hall–Kier alpha value is -2.00. The maximum atomic E-state index is 12.4. The molecule has 1 atom stereocenters. The number of benzene rings is 2. The zero-order chi connectivity index (χ0) is 16.2. The number of nitrogens with one attached hydrogen (secondary N) is 1. The third-order valence-electron chi connectivity index (χ3n) is 4.29. The van der Waals surface area contributed by atoms with Crippen molar-refractivity contribution in [2.45, 2.75) is 25.8 Å². The van der Waals surface area contributed by atoms with E-state index < -0.39 is 0 Å². The van der Waals surface area contributed by atoms with Gasteiger partial charge in [-0.15, -0.1) is 0 Å². The van der Waals surface area contributed by atoms with Gasteiger partial charge in [-0.25, -0.2) is 0 Å². The molecular weight excluding hydrogens is 308 g/mol. The number of fused-ring (bicyclic) bond motifs is 1. The summed E-state index contributed by atoms with van der Waals surface area (Å²) in [6.45, 7) is 3.26. The lowest BCUT2D eigenvalue weighted by atomic mass is 10.0. The van der Waals surface area contributed by atoms with Gasteiger partial charge in [-0.3, -0.25) is 4.79 Å². The van der Waals surface area contributed by atoms with Crippen LogP contribution in [0.15, 0.2) is 48.5 Å². The van der Waals surface area contributed by atoms with Crippen molar-refractivity contribution in [3.05, 3.63) is 64.7 Å². The Bertz CT molecular complexity index is 701. The first-order valence-corrected chi connectivity index (χ1v) is 8.39. The SMILES string of the molecule is C[C@H](NC(=O)CN1CCCc2ccccc21)c1ccccc1Cl. The van der Waals surface area contributed by atoms with Crippen LogP contribution in [0.4, 0.5) is 5.69 Å². The van der Waals surface area contributed by atoms with Crippen LogP contribution in [-0.4, -0.2) is 19.0 Å². The fourth-order valence-corrected chi connectivity index (χ4v) is 3.44. The highest BCUT2D eigenvalue weighted by Gasteiger charge is 2.20. The van der Waals surface area contributed by atoms with Gasteiger partial charge in [-0.05, 0) is 43.0 Å². The molecule has 0 saturated heterocycles. The van der Waals surface area contributed by atoms with Gasteiger partial charge in [0.15, 0.2) is 0 Å². The van der Waals surface area contributed by atoms with Crippen molar-refractivity contribution in [3.8, 4) is 0 Å². The molecule has 23 heavy (non-hydrogen) atoms. The van der Waals surface area contributed by atoms with E-state index in [-0.39, 0.29) is 11.9 Å². The summed E-state index contributed by atoms with van der Waals surface area (Å²) in [6, 6.07) is 15.9. The van der Waals surface area contributed by atoms with Gasteiger partial charge in [0.25, 0.3) is 0 Å². The molecule has 4 heteroatoms. The third-order valence-corrected chi connectivity index (χ3v) is 4.63. The van der Waals surface area contributed by atoms with Crippen LogP contribution >= 0.6 is 11.6 Å². The minimum atomic E-state index is -0.101. The van der Waals surface area contributed by atoms with Gasteiger partial charge >= 0.3 is 0 Å². The van der Waals surface area contributed by atoms with E-state index in [1.165, 1.54) is 11.3 Å². The number of nitrogens with zero attached hydrogens (tertiary/aromatic N) is 1. The van der Waals surface area contributed by atoms with E-state index in [2.05, 4.69) is 28.4 Å². The number of aryl methyl sites for hydroxylation is 1. The smallest absolute Gasteiger partial charge is 0.239 e. The summed E-state index contributed by atoms with van der Waals surface area (Å²) in [7, 11) is 0. The number of rotatable bonds is 4. The topological polar surface area (TPSA) is 32.3 Å². The van der Waals surface area contributed by atoms with E-state index in [0.29, 0.717) is 11.6 Å². The van der Waals surface area contributed by atoms with Crippen molar-refractivity contribution in [3.63, 3.8) is 0 Å². The number of carbonyl (C=O) groups excluding carboxylic acids is 1. The van der Waals surface area contributed by atoms with Crippen molar-refractivity contribution in [2.24, 2.45) is 0 Å². The third kappa shape index (κ3) is 3.67. The fourth-order valence-electron chi connectivity index (χ4n) is 3.14. The monoisotopic (exact) mass is 328 g/mol. The van der Waals surface area contributed by atoms with Crippen molar-refractivity contribution < 1.29 is 4.79 Å². The second-order valence-corrected chi connectivity index (χ2v) is 6.37. The average molecular weight is 329 g/mol. The van der Waals surface area contributed by atoms with Crippen LogP contribution in [0.25, 0.3) is 0 Å². The molecule has 0 spiro atoms. The summed E-state index contributed by atoms with van der Waals surface area (Å²) in [5, 5.41) is 3.73. The standard InChI is InChI=1S/C19H21ClN2O/c1-14(16-9-3-4-10-17(16)20)21-19(23)13-22-12-6-8-15-7-2-5-11-18(15)22/h2-5,7,9-11,14H,6,8,12-13H2,1H3,(H,21,23)/t14-/m0/s1. The minimum absolute atomic E-state index is 0.0223. The van der Waals surface area contributed by atoms with Gasteiger partial charge in [0.05, 0.1) is 12.6 Å². The van der Waals surface area contributed by atoms with Gasteiger partial charge < -0.3 is 10.2 Å². The first-order chi connectivity index (χ1) is 11.1. The number of carbonyl (C=O) groups is 1. The number of hydrogen-bond acceptors (Lipinski definition) is 2. The highest BCUT2D eigenvalue weighted by molar-refractivity contribution is 6.31. The maximum Gasteiger partial charge on any atom is 0.239 e. The fraction of sp³-hybridized carbons (Fsp3) is 0.316. The molecule has 0 aromatic heterocycles. The van der Waals surface area contributed by atoms with E-state index in [1.54, 1.807) is 0 Å². The lowest BCUT2D eigenvalue weighted by Crippen LogP contribution is -2.40. The van der Waals surface area contributed by atoms with Crippen LogP contribution in [0.2, 0.25) is 5.02 Å². The molecule has 3 rings (SSSR count). The van der Waals surface area contributed by atoms with Gasteiger partial charge in [-0.1, -0.05) is 48.0 Å². The van der Waals surface area contributed by atoms with E-state index in [1.807, 2.05) is 37.3 Å². The Morgan fingerprint density at radius 3 is 2.78 bits per heavy atom. The molecule has 0 radical (unpaired) electrons. The molecule has 0 bridgehead atoms.